The van der Waals surface area contributed by atoms with Crippen LogP contribution in [0.5, 0.6) is 0 Å². The molecule has 0 fully saturated rings. The van der Waals surface area contributed by atoms with Crippen LogP contribution in [0.2, 0.25) is 0 Å². The van der Waals surface area contributed by atoms with E-state index in [1.165, 1.54) is 4.90 Å². The Bertz CT molecular complexity index is 585. The number of hydrogen-bond donors (Lipinski definition) is 1. The van der Waals surface area contributed by atoms with E-state index in [0.29, 0.717) is 5.56 Å². The SMILES string of the molecule is CCSc1ccc(-c2ccc(C#N)c(N)n2)cc1. The van der Waals surface area contributed by atoms with Gasteiger partial charge >= 0.3 is 0 Å². The van der Waals surface area contributed by atoms with Crippen LogP contribution >= 0.6 is 11.8 Å². The molecule has 0 spiro atoms. The van der Waals surface area contributed by atoms with Gasteiger partial charge in [0.15, 0.2) is 0 Å². The average Bonchev–Trinajstić information content (AvgIpc) is 2.40. The molecule has 0 saturated heterocycles. The third-order valence-electron chi connectivity index (χ3n) is 2.51. The molecule has 1 heterocycles. The summed E-state index contributed by atoms with van der Waals surface area (Å²) in [6, 6.07) is 13.7. The van der Waals surface area contributed by atoms with Crippen LogP contribution in [0.4, 0.5) is 5.82 Å². The number of nitriles is 1. The van der Waals surface area contributed by atoms with Crippen LogP contribution in [0, 0.1) is 11.3 Å². The molecule has 3 nitrogen and oxygen atoms in total. The van der Waals surface area contributed by atoms with Crippen LogP contribution in [-0.4, -0.2) is 10.7 Å². The second kappa shape index (κ2) is 5.56. The van der Waals surface area contributed by atoms with Crippen LogP contribution < -0.4 is 5.73 Å². The third kappa shape index (κ3) is 2.63. The minimum Gasteiger partial charge on any atom is -0.383 e. The monoisotopic (exact) mass is 255 g/mol. The Kier molecular flexibility index (Phi) is 3.85. The van der Waals surface area contributed by atoms with Crippen LogP contribution in [0.15, 0.2) is 41.3 Å². The fourth-order valence-electron chi connectivity index (χ4n) is 1.62. The first kappa shape index (κ1) is 12.5. The van der Waals surface area contributed by atoms with E-state index in [-0.39, 0.29) is 5.82 Å². The predicted molar refractivity (Wildman–Crippen MR) is 75.2 cm³/mol. The first-order chi connectivity index (χ1) is 8.74. The summed E-state index contributed by atoms with van der Waals surface area (Å²) in [5.41, 5.74) is 7.92. The fraction of sp³-hybridized carbons (Fsp3) is 0.143. The summed E-state index contributed by atoms with van der Waals surface area (Å²) in [6.07, 6.45) is 0. The second-order valence-corrected chi connectivity index (χ2v) is 5.04. The van der Waals surface area contributed by atoms with Gasteiger partial charge in [0.25, 0.3) is 0 Å². The lowest BCUT2D eigenvalue weighted by Crippen LogP contribution is -1.96. The summed E-state index contributed by atoms with van der Waals surface area (Å²) in [7, 11) is 0. The first-order valence-electron chi connectivity index (χ1n) is 5.64. The Morgan fingerprint density at radius 1 is 1.22 bits per heavy atom. The standard InChI is InChI=1S/C14H13N3S/c1-2-18-12-6-3-10(4-7-12)13-8-5-11(9-15)14(16)17-13/h3-8H,2H2,1H3,(H2,16,17). The van der Waals surface area contributed by atoms with E-state index in [4.69, 9.17) is 11.0 Å². The zero-order valence-electron chi connectivity index (χ0n) is 10.1. The van der Waals surface area contributed by atoms with Crippen LogP contribution in [0.1, 0.15) is 12.5 Å². The quantitative estimate of drug-likeness (QED) is 0.855. The summed E-state index contributed by atoms with van der Waals surface area (Å²) in [4.78, 5) is 5.48. The molecule has 4 heteroatoms. The summed E-state index contributed by atoms with van der Waals surface area (Å²) < 4.78 is 0. The number of nitrogens with zero attached hydrogens (tertiary/aromatic N) is 2. The van der Waals surface area contributed by atoms with E-state index in [2.05, 4.69) is 24.0 Å². The lowest BCUT2D eigenvalue weighted by Gasteiger charge is -2.04. The van der Waals surface area contributed by atoms with E-state index < -0.39 is 0 Å². The van der Waals surface area contributed by atoms with Crippen molar-refractivity contribution in [2.75, 3.05) is 11.5 Å². The highest BCUT2D eigenvalue weighted by atomic mass is 32.2. The number of aromatic nitrogens is 1. The molecule has 0 bridgehead atoms. The van der Waals surface area contributed by atoms with Gasteiger partial charge in [-0.25, -0.2) is 4.98 Å². The Balaban J connectivity index is 2.31. The van der Waals surface area contributed by atoms with Crippen LogP contribution in [-0.2, 0) is 0 Å². The van der Waals surface area contributed by atoms with Crippen molar-refractivity contribution in [1.29, 1.82) is 5.26 Å². The Hall–Kier alpha value is -1.99. The molecule has 0 aliphatic heterocycles. The smallest absolute Gasteiger partial charge is 0.142 e. The number of nitrogens with two attached hydrogens (primary N) is 1. The van der Waals surface area contributed by atoms with E-state index >= 15 is 0 Å². The van der Waals surface area contributed by atoms with Crippen LogP contribution in [0.3, 0.4) is 0 Å². The molecule has 1 aromatic carbocycles. The molecule has 2 N–H and O–H groups in total. The highest BCUT2D eigenvalue weighted by Crippen LogP contribution is 2.24. The van der Waals surface area contributed by atoms with Gasteiger partial charge < -0.3 is 5.73 Å². The lowest BCUT2D eigenvalue weighted by atomic mass is 10.1. The van der Waals surface area contributed by atoms with Crippen molar-refractivity contribution in [1.82, 2.24) is 4.98 Å². The van der Waals surface area contributed by atoms with Gasteiger partial charge in [-0.3, -0.25) is 0 Å². The average molecular weight is 255 g/mol. The number of benzene rings is 1. The zero-order chi connectivity index (χ0) is 13.0. The molecule has 2 rings (SSSR count). The van der Waals surface area contributed by atoms with Gasteiger partial charge in [-0.1, -0.05) is 19.1 Å². The number of hydrogen-bond acceptors (Lipinski definition) is 4. The van der Waals surface area contributed by atoms with Crippen LogP contribution in [0.25, 0.3) is 11.3 Å². The van der Waals surface area contributed by atoms with Gasteiger partial charge in [0.2, 0.25) is 0 Å². The molecule has 90 valence electrons. The Morgan fingerprint density at radius 2 is 1.94 bits per heavy atom. The maximum absolute atomic E-state index is 8.80. The van der Waals surface area contributed by atoms with Gasteiger partial charge in [0.1, 0.15) is 11.9 Å². The predicted octanol–water partition coefficient (Wildman–Crippen LogP) is 3.31. The van der Waals surface area contributed by atoms with E-state index in [1.807, 2.05) is 24.3 Å². The molecule has 0 aliphatic carbocycles. The summed E-state index contributed by atoms with van der Waals surface area (Å²) in [5, 5.41) is 8.80. The van der Waals surface area contributed by atoms with Crippen molar-refractivity contribution in [3.8, 4) is 17.3 Å². The number of thioether (sulfide) groups is 1. The molecule has 18 heavy (non-hydrogen) atoms. The maximum Gasteiger partial charge on any atom is 0.142 e. The topological polar surface area (TPSA) is 62.7 Å². The second-order valence-electron chi connectivity index (χ2n) is 3.70. The van der Waals surface area contributed by atoms with Crippen molar-refractivity contribution >= 4 is 17.6 Å². The van der Waals surface area contributed by atoms with Crippen molar-refractivity contribution in [2.24, 2.45) is 0 Å². The summed E-state index contributed by atoms with van der Waals surface area (Å²) >= 11 is 1.80. The minimum absolute atomic E-state index is 0.280. The van der Waals surface area contributed by atoms with E-state index in [1.54, 1.807) is 17.8 Å². The maximum atomic E-state index is 8.80. The summed E-state index contributed by atoms with van der Waals surface area (Å²) in [5.74, 6) is 1.34. The lowest BCUT2D eigenvalue weighted by molar-refractivity contribution is 1.30. The zero-order valence-corrected chi connectivity index (χ0v) is 10.9. The van der Waals surface area contributed by atoms with E-state index in [0.717, 1.165) is 17.0 Å². The summed E-state index contributed by atoms with van der Waals surface area (Å²) in [6.45, 7) is 2.13. The molecule has 0 amide bonds. The highest BCUT2D eigenvalue weighted by Gasteiger charge is 2.04. The Morgan fingerprint density at radius 3 is 2.50 bits per heavy atom. The third-order valence-corrected chi connectivity index (χ3v) is 3.40. The molecular weight excluding hydrogens is 242 g/mol. The first-order valence-corrected chi connectivity index (χ1v) is 6.63. The van der Waals surface area contributed by atoms with Gasteiger partial charge in [0, 0.05) is 10.5 Å². The molecular formula is C14H13N3S. The van der Waals surface area contributed by atoms with Crippen molar-refractivity contribution in [3.05, 3.63) is 42.0 Å². The highest BCUT2D eigenvalue weighted by molar-refractivity contribution is 7.99. The number of rotatable bonds is 3. The molecule has 0 aliphatic rings. The van der Waals surface area contributed by atoms with Crippen molar-refractivity contribution in [2.45, 2.75) is 11.8 Å². The molecule has 0 atom stereocenters. The molecule has 0 unspecified atom stereocenters. The Labute approximate surface area is 111 Å². The minimum atomic E-state index is 0.280. The van der Waals surface area contributed by atoms with Gasteiger partial charge in [-0.05, 0) is 30.0 Å². The van der Waals surface area contributed by atoms with E-state index in [9.17, 15) is 0 Å². The largest absolute Gasteiger partial charge is 0.383 e. The fourth-order valence-corrected chi connectivity index (χ4v) is 2.28. The molecule has 0 radical (unpaired) electrons. The van der Waals surface area contributed by atoms with Gasteiger partial charge in [-0.15, -0.1) is 11.8 Å². The number of nitrogen functional groups attached to an aromatic ring is 1. The molecule has 0 saturated carbocycles. The van der Waals surface area contributed by atoms with Gasteiger partial charge in [-0.2, -0.15) is 5.26 Å². The number of anilines is 1. The van der Waals surface area contributed by atoms with Crippen molar-refractivity contribution in [3.63, 3.8) is 0 Å². The normalized spacial score (nSPS) is 10.0. The van der Waals surface area contributed by atoms with Gasteiger partial charge in [0.05, 0.1) is 11.3 Å². The molecule has 2 aromatic rings. The molecule has 1 aromatic heterocycles. The number of pyridine rings is 1. The van der Waals surface area contributed by atoms with Crippen molar-refractivity contribution < 1.29 is 0 Å².